The van der Waals surface area contributed by atoms with Gasteiger partial charge in [-0.2, -0.15) is 0 Å². The zero-order valence-electron chi connectivity index (χ0n) is 8.35. The molecule has 0 radical (unpaired) electrons. The number of hydrogen-bond donors (Lipinski definition) is 2. The molecule has 1 aliphatic heterocycles. The van der Waals surface area contributed by atoms with E-state index in [0.717, 1.165) is 13.1 Å². The van der Waals surface area contributed by atoms with Crippen LogP contribution >= 0.6 is 0 Å². The molecule has 0 aromatic carbocycles. The van der Waals surface area contributed by atoms with Gasteiger partial charge in [-0.15, -0.1) is 0 Å². The summed E-state index contributed by atoms with van der Waals surface area (Å²) in [5.41, 5.74) is 7.61. The number of rotatable bonds is 2. The Bertz CT molecular complexity index is 182. The van der Waals surface area contributed by atoms with Crippen LogP contribution in [0.3, 0.4) is 0 Å². The van der Waals surface area contributed by atoms with E-state index < -0.39 is 0 Å². The van der Waals surface area contributed by atoms with Gasteiger partial charge in [0.15, 0.2) is 0 Å². The largest absolute Gasteiger partial charge is 0.323 e. The van der Waals surface area contributed by atoms with Crippen molar-refractivity contribution in [1.29, 1.82) is 0 Å². The molecule has 0 saturated carbocycles. The first-order valence-corrected chi connectivity index (χ1v) is 4.73. The van der Waals surface area contributed by atoms with Crippen molar-refractivity contribution in [2.24, 2.45) is 11.1 Å². The van der Waals surface area contributed by atoms with Gasteiger partial charge in [0, 0.05) is 19.1 Å². The highest BCUT2D eigenvalue weighted by Gasteiger charge is 2.23. The predicted molar refractivity (Wildman–Crippen MR) is 53.0 cm³/mol. The summed E-state index contributed by atoms with van der Waals surface area (Å²) in [5, 5.41) is 3.33. The summed E-state index contributed by atoms with van der Waals surface area (Å²) >= 11 is 0. The maximum atomic E-state index is 5.84. The van der Waals surface area contributed by atoms with Gasteiger partial charge in [-0.05, 0) is 11.8 Å². The predicted octanol–water partition coefficient (Wildman–Crippen LogP) is 1.28. The second kappa shape index (κ2) is 3.58. The Kier molecular flexibility index (Phi) is 2.91. The molecule has 1 unspecified atom stereocenters. The lowest BCUT2D eigenvalue weighted by Crippen LogP contribution is -2.40. The molecule has 0 spiro atoms. The third-order valence-electron chi connectivity index (χ3n) is 2.86. The molecule has 1 atom stereocenters. The molecule has 1 heterocycles. The van der Waals surface area contributed by atoms with Crippen molar-refractivity contribution in [3.8, 4) is 0 Å². The molecule has 70 valence electrons. The van der Waals surface area contributed by atoms with Crippen molar-refractivity contribution in [3.05, 3.63) is 11.6 Å². The van der Waals surface area contributed by atoms with Gasteiger partial charge in [0.25, 0.3) is 0 Å². The van der Waals surface area contributed by atoms with E-state index in [1.54, 1.807) is 0 Å². The van der Waals surface area contributed by atoms with Crippen molar-refractivity contribution in [2.45, 2.75) is 33.2 Å². The monoisotopic (exact) mass is 168 g/mol. The Morgan fingerprint density at radius 2 is 2.33 bits per heavy atom. The van der Waals surface area contributed by atoms with E-state index >= 15 is 0 Å². The molecule has 1 rings (SSSR count). The van der Waals surface area contributed by atoms with Crippen molar-refractivity contribution >= 4 is 0 Å². The molecule has 3 N–H and O–H groups in total. The van der Waals surface area contributed by atoms with E-state index in [1.807, 2.05) is 0 Å². The second-order valence-electron chi connectivity index (χ2n) is 4.22. The van der Waals surface area contributed by atoms with Crippen LogP contribution in [0.25, 0.3) is 0 Å². The summed E-state index contributed by atoms with van der Waals surface area (Å²) in [7, 11) is 0. The van der Waals surface area contributed by atoms with Gasteiger partial charge in [-0.3, -0.25) is 0 Å². The van der Waals surface area contributed by atoms with Crippen LogP contribution in [-0.4, -0.2) is 19.1 Å². The molecule has 0 amide bonds. The summed E-state index contributed by atoms with van der Waals surface area (Å²) in [6.07, 6.45) is 3.40. The van der Waals surface area contributed by atoms with Crippen molar-refractivity contribution < 1.29 is 0 Å². The van der Waals surface area contributed by atoms with E-state index in [9.17, 15) is 0 Å². The average molecular weight is 168 g/mol. The highest BCUT2D eigenvalue weighted by Crippen LogP contribution is 2.30. The Labute approximate surface area is 75.2 Å². The van der Waals surface area contributed by atoms with Crippen molar-refractivity contribution in [1.82, 2.24) is 5.32 Å². The van der Waals surface area contributed by atoms with Gasteiger partial charge < -0.3 is 11.1 Å². The molecule has 12 heavy (non-hydrogen) atoms. The minimum Gasteiger partial charge on any atom is -0.323 e. The van der Waals surface area contributed by atoms with Crippen LogP contribution < -0.4 is 11.1 Å². The highest BCUT2D eigenvalue weighted by atomic mass is 14.9. The molecule has 0 fully saturated rings. The normalized spacial score (nSPS) is 25.3. The lowest BCUT2D eigenvalue weighted by atomic mass is 9.80. The highest BCUT2D eigenvalue weighted by molar-refractivity contribution is 5.19. The third-order valence-corrected chi connectivity index (χ3v) is 2.86. The number of nitrogens with two attached hydrogens (primary N) is 1. The van der Waals surface area contributed by atoms with E-state index in [1.165, 1.54) is 12.0 Å². The van der Waals surface area contributed by atoms with Crippen molar-refractivity contribution in [2.75, 3.05) is 13.1 Å². The fourth-order valence-electron chi connectivity index (χ4n) is 1.44. The Balaban J connectivity index is 2.73. The summed E-state index contributed by atoms with van der Waals surface area (Å²) in [4.78, 5) is 0. The maximum absolute atomic E-state index is 5.84. The Morgan fingerprint density at radius 3 is 2.83 bits per heavy atom. The van der Waals surface area contributed by atoms with Gasteiger partial charge in [-0.1, -0.05) is 32.4 Å². The zero-order chi connectivity index (χ0) is 9.19. The maximum Gasteiger partial charge on any atom is 0.0354 e. The van der Waals surface area contributed by atoms with Gasteiger partial charge in [0.1, 0.15) is 0 Å². The summed E-state index contributed by atoms with van der Waals surface area (Å²) in [6, 6.07) is 0.208. The fourth-order valence-corrected chi connectivity index (χ4v) is 1.44. The second-order valence-corrected chi connectivity index (χ2v) is 4.22. The smallest absolute Gasteiger partial charge is 0.0354 e. The van der Waals surface area contributed by atoms with Crippen LogP contribution in [0.4, 0.5) is 0 Å². The van der Waals surface area contributed by atoms with Crippen LogP contribution in [0.2, 0.25) is 0 Å². The molecule has 2 heteroatoms. The lowest BCUT2D eigenvalue weighted by Gasteiger charge is -2.31. The number of hydrogen-bond acceptors (Lipinski definition) is 2. The molecule has 0 saturated heterocycles. The van der Waals surface area contributed by atoms with Gasteiger partial charge in [-0.25, -0.2) is 0 Å². The van der Waals surface area contributed by atoms with Crippen LogP contribution in [-0.2, 0) is 0 Å². The molecular formula is C10H20N2. The minimum atomic E-state index is 0.208. The van der Waals surface area contributed by atoms with E-state index in [4.69, 9.17) is 5.73 Å². The molecule has 0 aromatic heterocycles. The van der Waals surface area contributed by atoms with Crippen LogP contribution in [0.1, 0.15) is 27.2 Å². The molecule has 1 aliphatic rings. The zero-order valence-corrected chi connectivity index (χ0v) is 8.35. The molecule has 0 aliphatic carbocycles. The minimum absolute atomic E-state index is 0.208. The molecule has 2 nitrogen and oxygen atoms in total. The van der Waals surface area contributed by atoms with Crippen molar-refractivity contribution in [3.63, 3.8) is 0 Å². The Hall–Kier alpha value is -0.340. The van der Waals surface area contributed by atoms with Gasteiger partial charge >= 0.3 is 0 Å². The van der Waals surface area contributed by atoms with E-state index in [2.05, 4.69) is 32.2 Å². The summed E-state index contributed by atoms with van der Waals surface area (Å²) < 4.78 is 0. The lowest BCUT2D eigenvalue weighted by molar-refractivity contribution is 0.400. The third kappa shape index (κ3) is 2.08. The standard InChI is InChI=1S/C10H20N2/c1-4-10(2,3)8-5-9(11)7-12-6-8/h5,9,12H,4,6-7,11H2,1-3H3. The van der Waals surface area contributed by atoms with Crippen LogP contribution in [0, 0.1) is 5.41 Å². The van der Waals surface area contributed by atoms with Gasteiger partial charge in [0.2, 0.25) is 0 Å². The van der Waals surface area contributed by atoms with E-state index in [-0.39, 0.29) is 6.04 Å². The topological polar surface area (TPSA) is 38.0 Å². The van der Waals surface area contributed by atoms with Gasteiger partial charge in [0.05, 0.1) is 0 Å². The molecule has 0 aromatic rings. The van der Waals surface area contributed by atoms with E-state index in [0.29, 0.717) is 5.41 Å². The molecule has 0 bridgehead atoms. The van der Waals surface area contributed by atoms with Crippen LogP contribution in [0.5, 0.6) is 0 Å². The first kappa shape index (κ1) is 9.75. The van der Waals surface area contributed by atoms with Crippen LogP contribution in [0.15, 0.2) is 11.6 Å². The number of nitrogens with one attached hydrogen (secondary N) is 1. The Morgan fingerprint density at radius 1 is 1.67 bits per heavy atom. The SMILES string of the molecule is CCC(C)(C)C1=CC(N)CNC1. The fraction of sp³-hybridized carbons (Fsp3) is 0.800. The summed E-state index contributed by atoms with van der Waals surface area (Å²) in [6.45, 7) is 8.70. The first-order chi connectivity index (χ1) is 5.56. The summed E-state index contributed by atoms with van der Waals surface area (Å²) in [5.74, 6) is 0. The average Bonchev–Trinajstić information content (AvgIpc) is 2.05. The molecular weight excluding hydrogens is 148 g/mol. The first-order valence-electron chi connectivity index (χ1n) is 4.73. The quantitative estimate of drug-likeness (QED) is 0.610.